The highest BCUT2D eigenvalue weighted by atomic mass is 16.5. The zero-order valence-electron chi connectivity index (χ0n) is 13.1. The summed E-state index contributed by atoms with van der Waals surface area (Å²) in [6.07, 6.45) is 0.225. The van der Waals surface area contributed by atoms with E-state index in [0.717, 1.165) is 0 Å². The van der Waals surface area contributed by atoms with Gasteiger partial charge in [-0.25, -0.2) is 4.79 Å². The third-order valence-electron chi connectivity index (χ3n) is 2.99. The second-order valence-corrected chi connectivity index (χ2v) is 4.81. The molecule has 7 nitrogen and oxygen atoms in total. The number of amides is 1. The molecule has 0 aliphatic heterocycles. The maximum absolute atomic E-state index is 11.8. The molecule has 0 aliphatic rings. The normalized spacial score (nSPS) is 10.2. The Hall–Kier alpha value is -2.83. The van der Waals surface area contributed by atoms with E-state index in [9.17, 15) is 9.59 Å². The lowest BCUT2D eigenvalue weighted by molar-refractivity contribution is -0.116. The quantitative estimate of drug-likeness (QED) is 0.762. The molecule has 1 aromatic heterocycles. The fourth-order valence-electron chi connectivity index (χ4n) is 1.97. The van der Waals surface area contributed by atoms with Crippen LogP contribution in [0.5, 0.6) is 0 Å². The zero-order chi connectivity index (χ0) is 16.7. The number of aryl methyl sites for hydroxylation is 1. The number of rotatable bonds is 7. The Morgan fingerprint density at radius 3 is 2.78 bits per heavy atom. The van der Waals surface area contributed by atoms with Crippen molar-refractivity contribution >= 4 is 23.4 Å². The zero-order valence-corrected chi connectivity index (χ0v) is 13.1. The molecule has 0 spiro atoms. The number of benzene rings is 1. The summed E-state index contributed by atoms with van der Waals surface area (Å²) in [7, 11) is 0. The van der Waals surface area contributed by atoms with Gasteiger partial charge in [0.25, 0.3) is 0 Å². The summed E-state index contributed by atoms with van der Waals surface area (Å²) in [5, 5.41) is 9.39. The summed E-state index contributed by atoms with van der Waals surface area (Å²) in [5.74, 6) is 0.429. The molecule has 0 atom stereocenters. The van der Waals surface area contributed by atoms with E-state index in [-0.39, 0.29) is 12.3 Å². The van der Waals surface area contributed by atoms with Gasteiger partial charge in [0.05, 0.1) is 12.2 Å². The van der Waals surface area contributed by atoms with Gasteiger partial charge in [-0.2, -0.15) is 0 Å². The van der Waals surface area contributed by atoms with E-state index in [4.69, 9.17) is 9.26 Å². The van der Waals surface area contributed by atoms with Crippen molar-refractivity contribution in [1.82, 2.24) is 5.16 Å². The lowest BCUT2D eigenvalue weighted by atomic mass is 10.1. The van der Waals surface area contributed by atoms with Gasteiger partial charge >= 0.3 is 5.97 Å². The van der Waals surface area contributed by atoms with Gasteiger partial charge in [-0.15, -0.1) is 0 Å². The molecule has 1 aromatic carbocycles. The maximum atomic E-state index is 11.8. The summed E-state index contributed by atoms with van der Waals surface area (Å²) in [6, 6.07) is 8.66. The molecule has 1 amide bonds. The first kappa shape index (κ1) is 16.5. The number of carbonyl (C=O) groups excluding carboxylic acids is 2. The maximum Gasteiger partial charge on any atom is 0.340 e. The van der Waals surface area contributed by atoms with Crippen LogP contribution in [0.1, 0.15) is 29.5 Å². The summed E-state index contributed by atoms with van der Waals surface area (Å²) >= 11 is 0. The number of esters is 1. The molecule has 0 saturated heterocycles. The molecule has 122 valence electrons. The van der Waals surface area contributed by atoms with Gasteiger partial charge in [0.2, 0.25) is 5.91 Å². The molecule has 2 N–H and O–H groups in total. The van der Waals surface area contributed by atoms with E-state index < -0.39 is 5.97 Å². The van der Waals surface area contributed by atoms with Gasteiger partial charge in [0, 0.05) is 24.7 Å². The van der Waals surface area contributed by atoms with Crippen LogP contribution in [0, 0.1) is 6.92 Å². The van der Waals surface area contributed by atoms with Crippen molar-refractivity contribution in [2.45, 2.75) is 20.3 Å². The van der Waals surface area contributed by atoms with Crippen molar-refractivity contribution in [3.63, 3.8) is 0 Å². The largest absolute Gasteiger partial charge is 0.462 e. The number of aromatic nitrogens is 1. The topological polar surface area (TPSA) is 93.5 Å². The van der Waals surface area contributed by atoms with Crippen LogP contribution in [0.25, 0.3) is 0 Å². The lowest BCUT2D eigenvalue weighted by Gasteiger charge is -2.10. The minimum atomic E-state index is -0.391. The highest BCUT2D eigenvalue weighted by molar-refractivity contribution is 5.95. The van der Waals surface area contributed by atoms with Gasteiger partial charge in [-0.3, -0.25) is 4.79 Å². The molecule has 0 aliphatic carbocycles. The summed E-state index contributed by atoms with van der Waals surface area (Å²) < 4.78 is 9.87. The highest BCUT2D eigenvalue weighted by Crippen LogP contribution is 2.16. The van der Waals surface area contributed by atoms with Crippen LogP contribution in [0.3, 0.4) is 0 Å². The first-order chi connectivity index (χ1) is 11.1. The van der Waals surface area contributed by atoms with Crippen molar-refractivity contribution in [2.24, 2.45) is 0 Å². The SMILES string of the molecule is CCOC(=O)c1ccccc1NCCC(=O)Nc1cc(C)on1. The monoisotopic (exact) mass is 317 g/mol. The predicted molar refractivity (Wildman–Crippen MR) is 85.4 cm³/mol. The van der Waals surface area contributed by atoms with Crippen LogP contribution >= 0.6 is 0 Å². The first-order valence-corrected chi connectivity index (χ1v) is 7.33. The van der Waals surface area contributed by atoms with Gasteiger partial charge in [-0.05, 0) is 26.0 Å². The number of nitrogens with one attached hydrogen (secondary N) is 2. The number of para-hydroxylation sites is 1. The minimum Gasteiger partial charge on any atom is -0.462 e. The molecule has 0 saturated carbocycles. The molecule has 7 heteroatoms. The Morgan fingerprint density at radius 1 is 1.30 bits per heavy atom. The Labute approximate surface area is 134 Å². The molecular formula is C16H19N3O4. The van der Waals surface area contributed by atoms with Crippen LogP contribution in [-0.4, -0.2) is 30.2 Å². The van der Waals surface area contributed by atoms with Crippen LogP contribution in [0.15, 0.2) is 34.9 Å². The molecule has 0 radical (unpaired) electrons. The molecule has 2 rings (SSSR count). The third-order valence-corrected chi connectivity index (χ3v) is 2.99. The van der Waals surface area contributed by atoms with E-state index >= 15 is 0 Å². The fraction of sp³-hybridized carbons (Fsp3) is 0.312. The molecule has 0 fully saturated rings. The number of hydrogen-bond acceptors (Lipinski definition) is 6. The molecule has 0 bridgehead atoms. The van der Waals surface area contributed by atoms with Crippen molar-refractivity contribution in [1.29, 1.82) is 0 Å². The van der Waals surface area contributed by atoms with Gasteiger partial charge < -0.3 is 19.9 Å². The summed E-state index contributed by atoms with van der Waals surface area (Å²) in [6.45, 7) is 4.19. The van der Waals surface area contributed by atoms with Gasteiger partial charge in [-0.1, -0.05) is 17.3 Å². The van der Waals surface area contributed by atoms with Crippen molar-refractivity contribution < 1.29 is 18.8 Å². The van der Waals surface area contributed by atoms with Crippen LogP contribution in [0.4, 0.5) is 11.5 Å². The summed E-state index contributed by atoms with van der Waals surface area (Å²) in [4.78, 5) is 23.7. The average molecular weight is 317 g/mol. The standard InChI is InChI=1S/C16H19N3O4/c1-3-22-16(21)12-6-4-5-7-13(12)17-9-8-15(20)18-14-10-11(2)23-19-14/h4-7,10,17H,3,8-9H2,1-2H3,(H,18,19,20). The molecule has 2 aromatic rings. The molecular weight excluding hydrogens is 298 g/mol. The summed E-state index contributed by atoms with van der Waals surface area (Å²) in [5.41, 5.74) is 1.08. The molecule has 0 unspecified atom stereocenters. The number of ether oxygens (including phenoxy) is 1. The van der Waals surface area contributed by atoms with E-state index in [2.05, 4.69) is 15.8 Å². The third kappa shape index (κ3) is 4.84. The van der Waals surface area contributed by atoms with Crippen LogP contribution in [-0.2, 0) is 9.53 Å². The Morgan fingerprint density at radius 2 is 2.09 bits per heavy atom. The Bertz CT molecular complexity index is 681. The minimum absolute atomic E-state index is 0.195. The molecule has 1 heterocycles. The van der Waals surface area contributed by atoms with Gasteiger partial charge in [0.1, 0.15) is 5.76 Å². The smallest absolute Gasteiger partial charge is 0.340 e. The Balaban J connectivity index is 1.86. The van der Waals surface area contributed by atoms with E-state index in [0.29, 0.717) is 36.0 Å². The second-order valence-electron chi connectivity index (χ2n) is 4.81. The van der Waals surface area contributed by atoms with Crippen LogP contribution < -0.4 is 10.6 Å². The lowest BCUT2D eigenvalue weighted by Crippen LogP contribution is -2.17. The molecule has 23 heavy (non-hydrogen) atoms. The van der Waals surface area contributed by atoms with E-state index in [1.54, 1.807) is 38.1 Å². The number of anilines is 2. The number of nitrogens with zero attached hydrogens (tertiary/aromatic N) is 1. The fourth-order valence-corrected chi connectivity index (χ4v) is 1.97. The predicted octanol–water partition coefficient (Wildman–Crippen LogP) is 2.60. The van der Waals surface area contributed by atoms with Crippen molar-refractivity contribution in [3.8, 4) is 0 Å². The van der Waals surface area contributed by atoms with E-state index in [1.165, 1.54) is 0 Å². The Kier molecular flexibility index (Phi) is 5.74. The number of hydrogen-bond donors (Lipinski definition) is 2. The van der Waals surface area contributed by atoms with E-state index in [1.807, 2.05) is 6.07 Å². The second kappa shape index (κ2) is 7.98. The first-order valence-electron chi connectivity index (χ1n) is 7.33. The highest BCUT2D eigenvalue weighted by Gasteiger charge is 2.12. The average Bonchev–Trinajstić information content (AvgIpc) is 2.93. The number of carbonyl (C=O) groups is 2. The van der Waals surface area contributed by atoms with Crippen LogP contribution in [0.2, 0.25) is 0 Å². The van der Waals surface area contributed by atoms with Crippen molar-refractivity contribution in [3.05, 3.63) is 41.7 Å². The van der Waals surface area contributed by atoms with Gasteiger partial charge in [0.15, 0.2) is 5.82 Å². The van der Waals surface area contributed by atoms with Crippen molar-refractivity contribution in [2.75, 3.05) is 23.8 Å².